The Morgan fingerprint density at radius 1 is 1.43 bits per heavy atom. The van der Waals surface area contributed by atoms with Crippen LogP contribution in [-0.4, -0.2) is 23.5 Å². The summed E-state index contributed by atoms with van der Waals surface area (Å²) < 4.78 is 0. The molecule has 14 heavy (non-hydrogen) atoms. The molecule has 1 amide bonds. The van der Waals surface area contributed by atoms with Crippen LogP contribution in [0, 0.1) is 17.8 Å². The molecule has 2 aliphatic carbocycles. The van der Waals surface area contributed by atoms with Crippen molar-refractivity contribution in [2.75, 3.05) is 6.54 Å². The topological polar surface area (TPSA) is 87.7 Å². The summed E-state index contributed by atoms with van der Waals surface area (Å²) in [7, 11) is 0. The molecule has 2 aliphatic rings. The van der Waals surface area contributed by atoms with E-state index in [1.54, 1.807) is 0 Å². The highest BCUT2D eigenvalue weighted by molar-refractivity contribution is 5.87. The van der Waals surface area contributed by atoms with Crippen LogP contribution in [0.5, 0.6) is 0 Å². The minimum Gasteiger partial charge on any atom is -0.409 e. The molecule has 78 valence electrons. The predicted octanol–water partition coefficient (Wildman–Crippen LogP) is -0.105. The number of nitrogens with one attached hydrogen (secondary N) is 1. The Hall–Kier alpha value is -1.26. The number of amides is 1. The van der Waals surface area contributed by atoms with Crippen LogP contribution in [0.25, 0.3) is 0 Å². The van der Waals surface area contributed by atoms with E-state index < -0.39 is 0 Å². The molecule has 0 heterocycles. The summed E-state index contributed by atoms with van der Waals surface area (Å²) in [6.45, 7) is 0.140. The van der Waals surface area contributed by atoms with Crippen molar-refractivity contribution in [1.82, 2.24) is 5.32 Å². The first-order chi connectivity index (χ1) is 6.70. The zero-order valence-corrected chi connectivity index (χ0v) is 7.94. The fraction of sp³-hybridized carbons (Fsp3) is 0.778. The average Bonchev–Trinajstić information content (AvgIpc) is 2.81. The third-order valence-corrected chi connectivity index (χ3v) is 3.19. The first-order valence-corrected chi connectivity index (χ1v) is 4.95. The number of carbonyl (C=O) groups excluding carboxylic acids is 1. The predicted molar refractivity (Wildman–Crippen MR) is 50.7 cm³/mol. The Bertz CT molecular complexity index is 267. The van der Waals surface area contributed by atoms with E-state index >= 15 is 0 Å². The Labute approximate surface area is 82.3 Å². The monoisotopic (exact) mass is 197 g/mol. The van der Waals surface area contributed by atoms with E-state index in [4.69, 9.17) is 10.9 Å². The Balaban J connectivity index is 1.73. The number of hydrogen-bond acceptors (Lipinski definition) is 3. The molecule has 2 atom stereocenters. The second-order valence-electron chi connectivity index (χ2n) is 4.23. The molecule has 0 radical (unpaired) electrons. The van der Waals surface area contributed by atoms with Gasteiger partial charge in [-0.3, -0.25) is 4.79 Å². The molecule has 2 fully saturated rings. The maximum atomic E-state index is 11.5. The van der Waals surface area contributed by atoms with Gasteiger partial charge in [0.05, 0.1) is 6.54 Å². The number of nitrogens with zero attached hydrogens (tertiary/aromatic N) is 1. The molecule has 5 heteroatoms. The maximum Gasteiger partial charge on any atom is 0.223 e. The highest BCUT2D eigenvalue weighted by Gasteiger charge is 2.47. The van der Waals surface area contributed by atoms with Crippen LogP contribution in [0.3, 0.4) is 0 Å². The third kappa shape index (κ3) is 1.81. The van der Waals surface area contributed by atoms with Gasteiger partial charge < -0.3 is 16.3 Å². The largest absolute Gasteiger partial charge is 0.409 e. The zero-order valence-electron chi connectivity index (χ0n) is 7.94. The van der Waals surface area contributed by atoms with Crippen molar-refractivity contribution >= 4 is 11.7 Å². The van der Waals surface area contributed by atoms with E-state index in [0.717, 1.165) is 24.7 Å². The second kappa shape index (κ2) is 3.48. The van der Waals surface area contributed by atoms with Gasteiger partial charge in [0.15, 0.2) is 5.84 Å². The Kier molecular flexibility index (Phi) is 2.31. The number of carbonyl (C=O) groups is 1. The highest BCUT2D eigenvalue weighted by Crippen LogP contribution is 2.54. The van der Waals surface area contributed by atoms with E-state index in [1.165, 1.54) is 6.42 Å². The lowest BCUT2D eigenvalue weighted by molar-refractivity contribution is -0.124. The number of amidine groups is 1. The first kappa shape index (κ1) is 9.30. The van der Waals surface area contributed by atoms with Gasteiger partial charge in [-0.1, -0.05) is 5.16 Å². The van der Waals surface area contributed by atoms with E-state index in [1.807, 2.05) is 0 Å². The smallest absolute Gasteiger partial charge is 0.223 e. The summed E-state index contributed by atoms with van der Waals surface area (Å²) in [6, 6.07) is 0. The summed E-state index contributed by atoms with van der Waals surface area (Å²) >= 11 is 0. The summed E-state index contributed by atoms with van der Waals surface area (Å²) in [4.78, 5) is 11.5. The highest BCUT2D eigenvalue weighted by atomic mass is 16.4. The number of fused-ring (bicyclic) bond motifs is 1. The molecule has 2 saturated carbocycles. The molecule has 2 unspecified atom stereocenters. The van der Waals surface area contributed by atoms with Crippen molar-refractivity contribution in [1.29, 1.82) is 0 Å². The van der Waals surface area contributed by atoms with Gasteiger partial charge in [-0.15, -0.1) is 0 Å². The van der Waals surface area contributed by atoms with Crippen LogP contribution in [-0.2, 0) is 4.79 Å². The van der Waals surface area contributed by atoms with Gasteiger partial charge in [0.1, 0.15) is 0 Å². The van der Waals surface area contributed by atoms with E-state index in [-0.39, 0.29) is 24.2 Å². The lowest BCUT2D eigenvalue weighted by atomic mass is 10.0. The molecular weight excluding hydrogens is 182 g/mol. The first-order valence-electron chi connectivity index (χ1n) is 4.95. The normalized spacial score (nSPS) is 35.1. The standard InChI is InChI=1S/C9H15N3O2/c10-8(12-14)4-11-9(13)7-2-5-1-6(5)3-7/h5-7,14H,1-4H2,(H2,10,12)(H,11,13). The number of hydrogen-bond donors (Lipinski definition) is 3. The van der Waals surface area contributed by atoms with Gasteiger partial charge in [0, 0.05) is 5.92 Å². The van der Waals surface area contributed by atoms with Gasteiger partial charge in [-0.25, -0.2) is 0 Å². The lowest BCUT2D eigenvalue weighted by Gasteiger charge is -2.11. The van der Waals surface area contributed by atoms with Crippen molar-refractivity contribution in [3.8, 4) is 0 Å². The summed E-state index contributed by atoms with van der Waals surface area (Å²) in [5.41, 5.74) is 5.24. The van der Waals surface area contributed by atoms with Crippen molar-refractivity contribution in [3.05, 3.63) is 0 Å². The van der Waals surface area contributed by atoms with Crippen LogP contribution in [0.15, 0.2) is 5.16 Å². The van der Waals surface area contributed by atoms with Crippen LogP contribution < -0.4 is 11.1 Å². The van der Waals surface area contributed by atoms with E-state index in [2.05, 4.69) is 10.5 Å². The molecule has 2 rings (SSSR count). The molecule has 0 aromatic rings. The summed E-state index contributed by atoms with van der Waals surface area (Å²) in [5.74, 6) is 1.85. The second-order valence-corrected chi connectivity index (χ2v) is 4.23. The third-order valence-electron chi connectivity index (χ3n) is 3.19. The minimum atomic E-state index is 0.0431. The molecular formula is C9H15N3O2. The SMILES string of the molecule is NC(CNC(=O)C1CC2CC2C1)=NO. The number of rotatable bonds is 3. The van der Waals surface area contributed by atoms with E-state index in [9.17, 15) is 4.79 Å². The molecule has 0 aliphatic heterocycles. The average molecular weight is 197 g/mol. The number of nitrogens with two attached hydrogens (primary N) is 1. The van der Waals surface area contributed by atoms with Crippen LogP contribution in [0.2, 0.25) is 0 Å². The fourth-order valence-electron chi connectivity index (χ4n) is 2.29. The summed E-state index contributed by atoms with van der Waals surface area (Å²) in [5, 5.41) is 13.7. The van der Waals surface area contributed by atoms with Gasteiger partial charge in [0.25, 0.3) is 0 Å². The molecule has 0 aromatic carbocycles. The summed E-state index contributed by atoms with van der Waals surface area (Å²) in [6.07, 6.45) is 3.35. The Morgan fingerprint density at radius 3 is 2.64 bits per heavy atom. The fourth-order valence-corrected chi connectivity index (χ4v) is 2.29. The zero-order chi connectivity index (χ0) is 10.1. The molecule has 5 nitrogen and oxygen atoms in total. The molecule has 4 N–H and O–H groups in total. The Morgan fingerprint density at radius 2 is 2.07 bits per heavy atom. The van der Waals surface area contributed by atoms with Crippen molar-refractivity contribution in [2.24, 2.45) is 28.6 Å². The molecule has 0 saturated heterocycles. The molecule has 0 bridgehead atoms. The lowest BCUT2D eigenvalue weighted by Crippen LogP contribution is -2.37. The van der Waals surface area contributed by atoms with E-state index in [0.29, 0.717) is 0 Å². The van der Waals surface area contributed by atoms with Crippen LogP contribution in [0.4, 0.5) is 0 Å². The van der Waals surface area contributed by atoms with Crippen LogP contribution >= 0.6 is 0 Å². The molecule has 0 spiro atoms. The van der Waals surface area contributed by atoms with Crippen molar-refractivity contribution in [2.45, 2.75) is 19.3 Å². The molecule has 0 aromatic heterocycles. The maximum absolute atomic E-state index is 11.5. The quantitative estimate of drug-likeness (QED) is 0.255. The van der Waals surface area contributed by atoms with Gasteiger partial charge in [0.2, 0.25) is 5.91 Å². The van der Waals surface area contributed by atoms with Crippen LogP contribution in [0.1, 0.15) is 19.3 Å². The minimum absolute atomic E-state index is 0.0431. The van der Waals surface area contributed by atoms with Gasteiger partial charge >= 0.3 is 0 Å². The van der Waals surface area contributed by atoms with Crippen molar-refractivity contribution < 1.29 is 10.0 Å². The van der Waals surface area contributed by atoms with Gasteiger partial charge in [-0.05, 0) is 31.1 Å². The number of oxime groups is 1. The van der Waals surface area contributed by atoms with Crippen molar-refractivity contribution in [3.63, 3.8) is 0 Å². The van der Waals surface area contributed by atoms with Gasteiger partial charge in [-0.2, -0.15) is 0 Å².